The van der Waals surface area contributed by atoms with Gasteiger partial charge in [-0.05, 0) is 35.9 Å². The van der Waals surface area contributed by atoms with Gasteiger partial charge in [0.2, 0.25) is 5.91 Å². The number of nitrogens with zero attached hydrogens (tertiary/aromatic N) is 2. The number of nitrogens with one attached hydrogen (secondary N) is 1. The van der Waals surface area contributed by atoms with Crippen molar-refractivity contribution in [1.29, 1.82) is 0 Å². The fourth-order valence-electron chi connectivity index (χ4n) is 3.75. The van der Waals surface area contributed by atoms with E-state index >= 15 is 0 Å². The molecule has 0 bridgehead atoms. The Labute approximate surface area is 161 Å². The lowest BCUT2D eigenvalue weighted by Gasteiger charge is -2.37. The van der Waals surface area contributed by atoms with Gasteiger partial charge in [-0.25, -0.2) is 4.39 Å². The molecule has 2 aliphatic rings. The number of benzene rings is 2. The molecule has 0 saturated carbocycles. The summed E-state index contributed by atoms with van der Waals surface area (Å²) in [6.07, 6.45) is 0. The smallest absolute Gasteiger partial charge is 0.253 e. The third-order valence-corrected chi connectivity index (χ3v) is 5.32. The normalized spacial score (nSPS) is 19.0. The van der Waals surface area contributed by atoms with Gasteiger partial charge in [0.1, 0.15) is 5.82 Å². The maximum atomic E-state index is 13.0. The van der Waals surface area contributed by atoms with Crippen LogP contribution in [0.1, 0.15) is 32.2 Å². The van der Waals surface area contributed by atoms with E-state index in [0.29, 0.717) is 37.3 Å². The van der Waals surface area contributed by atoms with Crippen LogP contribution in [0.2, 0.25) is 0 Å². The molecule has 0 radical (unpaired) electrons. The van der Waals surface area contributed by atoms with Gasteiger partial charge in [0, 0.05) is 43.9 Å². The van der Waals surface area contributed by atoms with Crippen molar-refractivity contribution in [3.63, 3.8) is 0 Å². The molecule has 0 aliphatic carbocycles. The van der Waals surface area contributed by atoms with Crippen molar-refractivity contribution >= 4 is 17.7 Å². The topological polar surface area (TPSA) is 69.7 Å². The van der Waals surface area contributed by atoms with Gasteiger partial charge in [-0.3, -0.25) is 14.4 Å². The van der Waals surface area contributed by atoms with Crippen LogP contribution in [0.15, 0.2) is 48.5 Å². The van der Waals surface area contributed by atoms with Crippen molar-refractivity contribution in [2.45, 2.75) is 5.92 Å². The van der Waals surface area contributed by atoms with E-state index in [4.69, 9.17) is 0 Å². The molecule has 0 spiro atoms. The summed E-state index contributed by atoms with van der Waals surface area (Å²) in [5, 5.41) is 2.78. The minimum Gasteiger partial charge on any atom is -0.351 e. The Morgan fingerprint density at radius 2 is 1.57 bits per heavy atom. The molecule has 28 heavy (non-hydrogen) atoms. The van der Waals surface area contributed by atoms with Crippen molar-refractivity contribution in [2.24, 2.45) is 0 Å². The number of carbonyl (C=O) groups is 3. The first kappa shape index (κ1) is 18.2. The zero-order valence-electron chi connectivity index (χ0n) is 15.2. The van der Waals surface area contributed by atoms with Gasteiger partial charge >= 0.3 is 0 Å². The number of piperazine rings is 1. The van der Waals surface area contributed by atoms with Crippen LogP contribution in [0.25, 0.3) is 0 Å². The Morgan fingerprint density at radius 1 is 0.929 bits per heavy atom. The van der Waals surface area contributed by atoms with E-state index in [0.717, 1.165) is 5.56 Å². The first-order chi connectivity index (χ1) is 13.5. The fraction of sp³-hybridized carbons (Fsp3) is 0.286. The minimum absolute atomic E-state index is 0.0404. The molecule has 144 valence electrons. The molecule has 2 aliphatic heterocycles. The quantitative estimate of drug-likeness (QED) is 0.860. The molecular weight excluding hydrogens is 361 g/mol. The molecule has 4 rings (SSSR count). The lowest BCUT2D eigenvalue weighted by Crippen LogP contribution is -2.53. The molecule has 2 heterocycles. The first-order valence-corrected chi connectivity index (χ1v) is 9.25. The number of hydrogen-bond acceptors (Lipinski definition) is 3. The number of rotatable bonds is 2. The van der Waals surface area contributed by atoms with Crippen molar-refractivity contribution in [2.75, 3.05) is 32.7 Å². The van der Waals surface area contributed by atoms with Crippen molar-refractivity contribution in [1.82, 2.24) is 15.1 Å². The summed E-state index contributed by atoms with van der Waals surface area (Å²) in [6.45, 7) is 1.98. The van der Waals surface area contributed by atoms with Crippen LogP contribution in [0.5, 0.6) is 0 Å². The summed E-state index contributed by atoms with van der Waals surface area (Å²) < 4.78 is 13.0. The number of halogens is 1. The number of carbonyl (C=O) groups excluding carboxylic acids is 3. The second kappa shape index (κ2) is 7.42. The third kappa shape index (κ3) is 3.35. The second-order valence-corrected chi connectivity index (χ2v) is 6.97. The summed E-state index contributed by atoms with van der Waals surface area (Å²) in [5.74, 6) is -1.15. The Morgan fingerprint density at radius 3 is 2.29 bits per heavy atom. The standard InChI is InChI=1S/C21H20FN3O3/c22-15-7-5-14(6-8-15)20(27)24-9-11-25(12-10-24)21(28)18-13-23-19(26)17-4-2-1-3-16(17)18/h1-8,18H,9-13H2,(H,23,26). The lowest BCUT2D eigenvalue weighted by molar-refractivity contribution is -0.134. The van der Waals surface area contributed by atoms with E-state index in [-0.39, 0.29) is 30.1 Å². The van der Waals surface area contributed by atoms with Gasteiger partial charge in [-0.15, -0.1) is 0 Å². The average molecular weight is 381 g/mol. The van der Waals surface area contributed by atoms with E-state index < -0.39 is 5.92 Å². The molecule has 2 aromatic carbocycles. The number of hydrogen-bond donors (Lipinski definition) is 1. The van der Waals surface area contributed by atoms with Gasteiger partial charge in [-0.2, -0.15) is 0 Å². The van der Waals surface area contributed by atoms with Gasteiger partial charge < -0.3 is 15.1 Å². The molecule has 1 fully saturated rings. The van der Waals surface area contributed by atoms with E-state index in [9.17, 15) is 18.8 Å². The van der Waals surface area contributed by atoms with Crippen molar-refractivity contribution in [3.8, 4) is 0 Å². The Bertz CT molecular complexity index is 921. The van der Waals surface area contributed by atoms with Crippen LogP contribution in [-0.4, -0.2) is 60.2 Å². The second-order valence-electron chi connectivity index (χ2n) is 6.97. The summed E-state index contributed by atoms with van der Waals surface area (Å²) in [7, 11) is 0. The van der Waals surface area contributed by atoms with Crippen LogP contribution in [0.4, 0.5) is 4.39 Å². The molecule has 2 aromatic rings. The largest absolute Gasteiger partial charge is 0.351 e. The minimum atomic E-state index is -0.409. The molecule has 3 amide bonds. The van der Waals surface area contributed by atoms with Gasteiger partial charge in [0.05, 0.1) is 5.92 Å². The molecular formula is C21H20FN3O3. The zero-order chi connectivity index (χ0) is 19.7. The highest BCUT2D eigenvalue weighted by molar-refractivity contribution is 6.00. The van der Waals surface area contributed by atoms with E-state index in [1.807, 2.05) is 12.1 Å². The van der Waals surface area contributed by atoms with Crippen LogP contribution < -0.4 is 5.32 Å². The molecule has 6 nitrogen and oxygen atoms in total. The van der Waals surface area contributed by atoms with Crippen LogP contribution in [0, 0.1) is 5.82 Å². The maximum Gasteiger partial charge on any atom is 0.253 e. The SMILES string of the molecule is O=C1NCC(C(=O)N2CCN(C(=O)c3ccc(F)cc3)CC2)c2ccccc21. The Hall–Kier alpha value is -3.22. The first-order valence-electron chi connectivity index (χ1n) is 9.25. The molecule has 1 atom stereocenters. The van der Waals surface area contributed by atoms with E-state index in [1.54, 1.807) is 21.9 Å². The highest BCUT2D eigenvalue weighted by atomic mass is 19.1. The number of fused-ring (bicyclic) bond motifs is 1. The van der Waals surface area contributed by atoms with Crippen LogP contribution >= 0.6 is 0 Å². The number of amides is 3. The monoisotopic (exact) mass is 381 g/mol. The fourth-order valence-corrected chi connectivity index (χ4v) is 3.75. The van der Waals surface area contributed by atoms with Crippen molar-refractivity contribution < 1.29 is 18.8 Å². The lowest BCUT2D eigenvalue weighted by atomic mass is 9.89. The molecule has 1 N–H and O–H groups in total. The summed E-state index contributed by atoms with van der Waals surface area (Å²) in [4.78, 5) is 41.0. The predicted molar refractivity (Wildman–Crippen MR) is 100 cm³/mol. The van der Waals surface area contributed by atoms with Crippen LogP contribution in [0.3, 0.4) is 0 Å². The summed E-state index contributed by atoms with van der Waals surface area (Å²) in [5.41, 5.74) is 1.73. The van der Waals surface area contributed by atoms with Gasteiger partial charge in [0.15, 0.2) is 0 Å². The molecule has 0 aromatic heterocycles. The summed E-state index contributed by atoms with van der Waals surface area (Å²) in [6, 6.07) is 12.6. The average Bonchev–Trinajstić information content (AvgIpc) is 2.74. The Balaban J connectivity index is 1.42. The summed E-state index contributed by atoms with van der Waals surface area (Å²) >= 11 is 0. The van der Waals surface area contributed by atoms with Gasteiger partial charge in [-0.1, -0.05) is 18.2 Å². The third-order valence-electron chi connectivity index (χ3n) is 5.32. The predicted octanol–water partition coefficient (Wildman–Crippen LogP) is 1.64. The van der Waals surface area contributed by atoms with Gasteiger partial charge in [0.25, 0.3) is 11.8 Å². The van der Waals surface area contributed by atoms with Crippen LogP contribution in [-0.2, 0) is 4.79 Å². The highest BCUT2D eigenvalue weighted by Gasteiger charge is 2.34. The van der Waals surface area contributed by atoms with E-state index in [2.05, 4.69) is 5.32 Å². The zero-order valence-corrected chi connectivity index (χ0v) is 15.2. The molecule has 1 unspecified atom stereocenters. The van der Waals surface area contributed by atoms with E-state index in [1.165, 1.54) is 24.3 Å². The molecule has 1 saturated heterocycles. The molecule has 7 heteroatoms. The van der Waals surface area contributed by atoms with Crippen molar-refractivity contribution in [3.05, 3.63) is 71.0 Å². The Kier molecular flexibility index (Phi) is 4.81. The maximum absolute atomic E-state index is 13.0. The highest BCUT2D eigenvalue weighted by Crippen LogP contribution is 2.26.